The van der Waals surface area contributed by atoms with Gasteiger partial charge in [0.15, 0.2) is 0 Å². The smallest absolute Gasteiger partial charge is 0.317 e. The lowest BCUT2D eigenvalue weighted by Gasteiger charge is -2.00. The first kappa shape index (κ1) is 11.6. The van der Waals surface area contributed by atoms with Gasteiger partial charge in [0.25, 0.3) is 5.91 Å². The van der Waals surface area contributed by atoms with Crippen LogP contribution in [0.2, 0.25) is 0 Å². The number of pyridine rings is 1. The highest BCUT2D eigenvalue weighted by Gasteiger charge is 2.15. The quantitative estimate of drug-likeness (QED) is 0.634. The van der Waals surface area contributed by atoms with Crippen LogP contribution in [0.15, 0.2) is 30.6 Å². The molecule has 6 N–H and O–H groups in total. The van der Waals surface area contributed by atoms with Crippen LogP contribution < -0.4 is 16.8 Å². The summed E-state index contributed by atoms with van der Waals surface area (Å²) in [5.41, 5.74) is 11.8. The Hall–Kier alpha value is -2.83. The number of carbonyl (C=O) groups excluding carboxylic acids is 2. The van der Waals surface area contributed by atoms with E-state index in [4.69, 9.17) is 11.5 Å². The molecule has 0 spiro atoms. The fourth-order valence-corrected chi connectivity index (χ4v) is 1.55. The molecule has 2 rings (SSSR count). The molecule has 7 nitrogen and oxygen atoms in total. The minimum atomic E-state index is -0.780. The van der Waals surface area contributed by atoms with Gasteiger partial charge in [0.2, 0.25) is 0 Å². The zero-order valence-electron chi connectivity index (χ0n) is 9.31. The number of nitrogens with zero attached hydrogens (tertiary/aromatic N) is 1. The van der Waals surface area contributed by atoms with E-state index in [9.17, 15) is 9.59 Å². The topological polar surface area (TPSA) is 127 Å². The van der Waals surface area contributed by atoms with Crippen molar-refractivity contribution >= 4 is 17.8 Å². The molecule has 0 unspecified atom stereocenters. The number of H-pyrrole nitrogens is 1. The first-order valence-corrected chi connectivity index (χ1v) is 5.07. The predicted octanol–water partition coefficient (Wildman–Crippen LogP) is 0.666. The SMILES string of the molecule is NC(=O)Nc1[nH]c(-c2cccnc2)cc1C(N)=O. The van der Waals surface area contributed by atoms with Crippen LogP contribution in [-0.4, -0.2) is 21.9 Å². The number of carbonyl (C=O) groups is 2. The molecule has 0 bridgehead atoms. The first-order chi connectivity index (χ1) is 8.58. The Balaban J connectivity index is 2.45. The first-order valence-electron chi connectivity index (χ1n) is 5.07. The molecule has 0 aliphatic carbocycles. The van der Waals surface area contributed by atoms with Gasteiger partial charge < -0.3 is 16.5 Å². The molecule has 2 heterocycles. The highest BCUT2D eigenvalue weighted by Crippen LogP contribution is 2.24. The van der Waals surface area contributed by atoms with Crippen LogP contribution >= 0.6 is 0 Å². The fraction of sp³-hybridized carbons (Fsp3) is 0. The van der Waals surface area contributed by atoms with Gasteiger partial charge in [-0.2, -0.15) is 0 Å². The number of primary amides is 2. The highest BCUT2D eigenvalue weighted by molar-refractivity contribution is 6.02. The number of hydrogen-bond acceptors (Lipinski definition) is 3. The molecule has 0 saturated carbocycles. The Labute approximate surface area is 102 Å². The number of hydrogen-bond donors (Lipinski definition) is 4. The van der Waals surface area contributed by atoms with Gasteiger partial charge in [-0.1, -0.05) is 0 Å². The van der Waals surface area contributed by atoms with Crippen LogP contribution in [0.5, 0.6) is 0 Å². The molecule has 0 atom stereocenters. The van der Waals surface area contributed by atoms with Gasteiger partial charge in [-0.25, -0.2) is 4.79 Å². The summed E-state index contributed by atoms with van der Waals surface area (Å²) in [6.45, 7) is 0. The van der Waals surface area contributed by atoms with Gasteiger partial charge >= 0.3 is 6.03 Å². The fourth-order valence-electron chi connectivity index (χ4n) is 1.55. The summed E-state index contributed by atoms with van der Waals surface area (Å²) in [6, 6.07) is 4.31. The lowest BCUT2D eigenvalue weighted by atomic mass is 10.2. The third-order valence-electron chi connectivity index (χ3n) is 2.30. The van der Waals surface area contributed by atoms with Crippen molar-refractivity contribution in [3.8, 4) is 11.3 Å². The molecular weight excluding hydrogens is 234 g/mol. The van der Waals surface area contributed by atoms with Gasteiger partial charge in [-0.3, -0.25) is 15.1 Å². The van der Waals surface area contributed by atoms with Gasteiger partial charge in [-0.05, 0) is 18.2 Å². The molecule has 0 aromatic carbocycles. The van der Waals surface area contributed by atoms with Crippen LogP contribution in [-0.2, 0) is 0 Å². The maximum atomic E-state index is 11.2. The summed E-state index contributed by atoms with van der Waals surface area (Å²) < 4.78 is 0. The molecule has 0 fully saturated rings. The molecule has 18 heavy (non-hydrogen) atoms. The highest BCUT2D eigenvalue weighted by atomic mass is 16.2. The van der Waals surface area contributed by atoms with Gasteiger partial charge in [0, 0.05) is 23.7 Å². The lowest BCUT2D eigenvalue weighted by molar-refractivity contribution is 0.100. The molecule has 92 valence electrons. The molecular formula is C11H11N5O2. The second kappa shape index (κ2) is 4.58. The van der Waals surface area contributed by atoms with Crippen molar-refractivity contribution in [2.75, 3.05) is 5.32 Å². The van der Waals surface area contributed by atoms with E-state index in [0.29, 0.717) is 5.69 Å². The number of aromatic amines is 1. The number of rotatable bonds is 3. The number of urea groups is 1. The minimum absolute atomic E-state index is 0.160. The molecule has 0 aliphatic heterocycles. The van der Waals surface area contributed by atoms with Crippen LogP contribution in [0.4, 0.5) is 10.6 Å². The van der Waals surface area contributed by atoms with Crippen LogP contribution in [0.25, 0.3) is 11.3 Å². The van der Waals surface area contributed by atoms with Crippen molar-refractivity contribution in [2.24, 2.45) is 11.5 Å². The summed E-state index contributed by atoms with van der Waals surface area (Å²) in [6.07, 6.45) is 3.24. The summed E-state index contributed by atoms with van der Waals surface area (Å²) in [5, 5.41) is 2.31. The van der Waals surface area contributed by atoms with Crippen LogP contribution in [0.3, 0.4) is 0 Å². The maximum absolute atomic E-state index is 11.2. The van der Waals surface area contributed by atoms with Crippen molar-refractivity contribution in [1.82, 2.24) is 9.97 Å². The number of aromatic nitrogens is 2. The maximum Gasteiger partial charge on any atom is 0.317 e. The van der Waals surface area contributed by atoms with E-state index in [1.54, 1.807) is 24.5 Å². The molecule has 0 saturated heterocycles. The van der Waals surface area contributed by atoms with E-state index in [1.807, 2.05) is 0 Å². The van der Waals surface area contributed by atoms with Crippen molar-refractivity contribution in [2.45, 2.75) is 0 Å². The van der Waals surface area contributed by atoms with Crippen molar-refractivity contribution in [3.05, 3.63) is 36.2 Å². The normalized spacial score (nSPS) is 10.0. The van der Waals surface area contributed by atoms with E-state index in [-0.39, 0.29) is 11.4 Å². The average molecular weight is 245 g/mol. The molecule has 7 heteroatoms. The number of anilines is 1. The van der Waals surface area contributed by atoms with Gasteiger partial charge in [-0.15, -0.1) is 0 Å². The van der Waals surface area contributed by atoms with E-state index >= 15 is 0 Å². The summed E-state index contributed by atoms with van der Waals surface area (Å²) in [7, 11) is 0. The average Bonchev–Trinajstić information content (AvgIpc) is 2.73. The van der Waals surface area contributed by atoms with Crippen molar-refractivity contribution in [1.29, 1.82) is 0 Å². The second-order valence-electron chi connectivity index (χ2n) is 3.57. The summed E-state index contributed by atoms with van der Waals surface area (Å²) in [4.78, 5) is 28.9. The third kappa shape index (κ3) is 2.29. The Kier molecular flexibility index (Phi) is 2.96. The standard InChI is InChI=1S/C11H11N5O2/c12-9(17)7-4-8(6-2-1-3-14-5-6)15-10(7)16-11(13)18/h1-5,15H,(H2,12,17)(H3,13,16,18). The number of amides is 3. The molecule has 0 radical (unpaired) electrons. The monoisotopic (exact) mass is 245 g/mol. The Bertz CT molecular complexity index is 591. The summed E-state index contributed by atoms with van der Waals surface area (Å²) >= 11 is 0. The molecule has 3 amide bonds. The Morgan fingerprint density at radius 3 is 2.67 bits per heavy atom. The van der Waals surface area contributed by atoms with Crippen LogP contribution in [0.1, 0.15) is 10.4 Å². The number of nitrogens with two attached hydrogens (primary N) is 2. The van der Waals surface area contributed by atoms with E-state index in [0.717, 1.165) is 5.56 Å². The van der Waals surface area contributed by atoms with E-state index in [1.165, 1.54) is 6.07 Å². The van der Waals surface area contributed by atoms with Crippen LogP contribution in [0, 0.1) is 0 Å². The Morgan fingerprint density at radius 2 is 2.11 bits per heavy atom. The predicted molar refractivity (Wildman–Crippen MR) is 65.7 cm³/mol. The molecule has 2 aromatic rings. The lowest BCUT2D eigenvalue weighted by Crippen LogP contribution is -2.22. The van der Waals surface area contributed by atoms with E-state index in [2.05, 4.69) is 15.3 Å². The second-order valence-corrected chi connectivity index (χ2v) is 3.57. The van der Waals surface area contributed by atoms with Crippen molar-refractivity contribution in [3.63, 3.8) is 0 Å². The van der Waals surface area contributed by atoms with Gasteiger partial charge in [0.1, 0.15) is 5.82 Å². The summed E-state index contributed by atoms with van der Waals surface area (Å²) in [5.74, 6) is -0.487. The molecule has 2 aromatic heterocycles. The Morgan fingerprint density at radius 1 is 1.33 bits per heavy atom. The molecule has 0 aliphatic rings. The zero-order chi connectivity index (χ0) is 13.1. The zero-order valence-corrected chi connectivity index (χ0v) is 9.31. The van der Waals surface area contributed by atoms with E-state index < -0.39 is 11.9 Å². The minimum Gasteiger partial charge on any atom is -0.365 e. The van der Waals surface area contributed by atoms with Gasteiger partial charge in [0.05, 0.1) is 5.56 Å². The van der Waals surface area contributed by atoms with Crippen molar-refractivity contribution < 1.29 is 9.59 Å². The largest absolute Gasteiger partial charge is 0.365 e. The third-order valence-corrected chi connectivity index (χ3v) is 2.30. The number of nitrogens with one attached hydrogen (secondary N) is 2.